The van der Waals surface area contributed by atoms with Gasteiger partial charge in [0.25, 0.3) is 0 Å². The van der Waals surface area contributed by atoms with Crippen LogP contribution in [0.4, 0.5) is 27.8 Å². The van der Waals surface area contributed by atoms with Gasteiger partial charge in [-0.3, -0.25) is 4.79 Å². The fourth-order valence-corrected chi connectivity index (χ4v) is 3.67. The van der Waals surface area contributed by atoms with E-state index < -0.39 is 5.60 Å². The van der Waals surface area contributed by atoms with E-state index in [2.05, 4.69) is 37.0 Å². The van der Waals surface area contributed by atoms with Crippen LogP contribution in [0.15, 0.2) is 18.5 Å². The quantitative estimate of drug-likeness (QED) is 0.640. The van der Waals surface area contributed by atoms with Gasteiger partial charge in [-0.15, -0.1) is 0 Å². The zero-order valence-corrected chi connectivity index (χ0v) is 18.8. The first-order valence-corrected chi connectivity index (χ1v) is 10.8. The number of rotatable bonds is 4. The van der Waals surface area contributed by atoms with E-state index in [-0.39, 0.29) is 23.7 Å². The van der Waals surface area contributed by atoms with E-state index in [0.29, 0.717) is 48.9 Å². The lowest BCUT2D eigenvalue weighted by molar-refractivity contribution is -0.116. The third kappa shape index (κ3) is 5.46. The Bertz CT molecular complexity index is 1120. The number of aryl methyl sites for hydroxylation is 1. The van der Waals surface area contributed by atoms with Crippen molar-refractivity contribution in [2.45, 2.75) is 51.7 Å². The van der Waals surface area contributed by atoms with Gasteiger partial charge in [-0.05, 0) is 33.3 Å². The summed E-state index contributed by atoms with van der Waals surface area (Å²) in [6.45, 7) is 6.55. The molecule has 2 aliphatic rings. The number of nitrogens with zero attached hydrogens (tertiary/aromatic N) is 5. The second-order valence-electron chi connectivity index (χ2n) is 9.02. The molecule has 2 aliphatic heterocycles. The van der Waals surface area contributed by atoms with Crippen molar-refractivity contribution in [2.75, 3.05) is 29.0 Å². The van der Waals surface area contributed by atoms with Crippen molar-refractivity contribution in [2.24, 2.45) is 0 Å². The first-order valence-electron chi connectivity index (χ1n) is 10.8. The van der Waals surface area contributed by atoms with Gasteiger partial charge in [0.15, 0.2) is 5.69 Å². The monoisotopic (exact) mass is 450 g/mol. The Balaban J connectivity index is 1.44. The van der Waals surface area contributed by atoms with E-state index in [1.165, 1.54) is 6.20 Å². The van der Waals surface area contributed by atoms with Crippen LogP contribution < -0.4 is 16.0 Å². The van der Waals surface area contributed by atoms with Crippen LogP contribution in [0.5, 0.6) is 0 Å². The molecule has 1 atom stereocenters. The van der Waals surface area contributed by atoms with Gasteiger partial charge < -0.3 is 25.6 Å². The Hall–Kier alpha value is -3.94. The fraction of sp³-hybridized carbons (Fsp3) is 0.455. The summed E-state index contributed by atoms with van der Waals surface area (Å²) in [5.41, 5.74) is 2.26. The van der Waals surface area contributed by atoms with Crippen molar-refractivity contribution in [1.29, 1.82) is 5.26 Å². The molecule has 0 bridgehead atoms. The van der Waals surface area contributed by atoms with Crippen molar-refractivity contribution in [3.8, 4) is 6.07 Å². The first kappa shape index (κ1) is 22.3. The van der Waals surface area contributed by atoms with Crippen LogP contribution in [-0.4, -0.2) is 56.6 Å². The van der Waals surface area contributed by atoms with Crippen LogP contribution in [0.2, 0.25) is 0 Å². The zero-order chi connectivity index (χ0) is 23.6. The second kappa shape index (κ2) is 8.90. The third-order valence-corrected chi connectivity index (χ3v) is 5.18. The number of likely N-dealkylation sites (tertiary alicyclic amines) is 1. The second-order valence-corrected chi connectivity index (χ2v) is 9.02. The van der Waals surface area contributed by atoms with Gasteiger partial charge in [-0.1, -0.05) is 0 Å². The summed E-state index contributed by atoms with van der Waals surface area (Å²) in [5, 5.41) is 18.7. The van der Waals surface area contributed by atoms with E-state index in [4.69, 9.17) is 4.74 Å². The van der Waals surface area contributed by atoms with Gasteiger partial charge in [0.1, 0.15) is 11.7 Å². The molecular weight excluding hydrogens is 424 g/mol. The van der Waals surface area contributed by atoms with Gasteiger partial charge >= 0.3 is 6.09 Å². The van der Waals surface area contributed by atoms with Crippen LogP contribution in [0.25, 0.3) is 0 Å². The number of ether oxygens (including phenoxy) is 1. The Morgan fingerprint density at radius 3 is 2.88 bits per heavy atom. The summed E-state index contributed by atoms with van der Waals surface area (Å²) >= 11 is 0. The number of nitrogens with one attached hydrogen (secondary N) is 3. The maximum atomic E-state index is 12.3. The topological polar surface area (TPSA) is 145 Å². The van der Waals surface area contributed by atoms with Gasteiger partial charge in [0.2, 0.25) is 11.9 Å². The van der Waals surface area contributed by atoms with Gasteiger partial charge in [-0.25, -0.2) is 19.7 Å². The average molecular weight is 451 g/mol. The molecule has 4 rings (SSSR count). The molecular formula is C22H26N8O3. The van der Waals surface area contributed by atoms with Crippen LogP contribution in [-0.2, 0) is 16.0 Å². The van der Waals surface area contributed by atoms with Gasteiger partial charge in [-0.2, -0.15) is 5.26 Å². The lowest BCUT2D eigenvalue weighted by atomic mass is 10.1. The summed E-state index contributed by atoms with van der Waals surface area (Å²) in [6.07, 6.45) is 4.42. The smallest absolute Gasteiger partial charge is 0.410 e. The Labute approximate surface area is 191 Å². The average Bonchev–Trinajstić information content (AvgIpc) is 3.22. The molecule has 0 radical (unpaired) electrons. The summed E-state index contributed by atoms with van der Waals surface area (Å²) in [6, 6.07) is 3.83. The molecule has 11 heteroatoms. The molecule has 172 valence electrons. The number of nitriles is 1. The number of fused-ring (bicyclic) bond motifs is 1. The van der Waals surface area contributed by atoms with Crippen molar-refractivity contribution < 1.29 is 14.3 Å². The Morgan fingerprint density at radius 2 is 2.12 bits per heavy atom. The predicted octanol–water partition coefficient (Wildman–Crippen LogP) is 2.79. The minimum atomic E-state index is -0.551. The summed E-state index contributed by atoms with van der Waals surface area (Å²) in [7, 11) is 0. The van der Waals surface area contributed by atoms with Crippen LogP contribution in [0.1, 0.15) is 45.0 Å². The van der Waals surface area contributed by atoms with Crippen LogP contribution in [0.3, 0.4) is 0 Å². The molecule has 3 N–H and O–H groups in total. The molecule has 2 amide bonds. The molecule has 1 fully saturated rings. The molecule has 0 unspecified atom stereocenters. The SMILES string of the molecule is CC(C)(C)OC(=O)N1CC[C@@H](Nc2cc(Nc3ncc4c(n3)CCC(=O)N4)cnc2C#N)C1. The molecule has 2 aromatic rings. The highest BCUT2D eigenvalue weighted by molar-refractivity contribution is 5.93. The maximum Gasteiger partial charge on any atom is 0.410 e. The Morgan fingerprint density at radius 1 is 1.30 bits per heavy atom. The summed E-state index contributed by atoms with van der Waals surface area (Å²) in [4.78, 5) is 38.4. The van der Waals surface area contributed by atoms with Crippen LogP contribution in [0, 0.1) is 11.3 Å². The number of hydrogen-bond acceptors (Lipinski definition) is 9. The van der Waals surface area contributed by atoms with Crippen molar-refractivity contribution >= 4 is 35.0 Å². The lowest BCUT2D eigenvalue weighted by Gasteiger charge is -2.24. The first-order chi connectivity index (χ1) is 15.7. The maximum absolute atomic E-state index is 12.3. The molecule has 0 spiro atoms. The van der Waals surface area contributed by atoms with E-state index >= 15 is 0 Å². The molecule has 0 aromatic carbocycles. The number of anilines is 4. The van der Waals surface area contributed by atoms with Crippen molar-refractivity contribution in [3.63, 3.8) is 0 Å². The standard InChI is InChI=1S/C22H26N8O3/c1-22(2,3)33-21(32)30-7-6-13(12-30)26-16-8-14(10-24-17(16)9-23)27-20-25-11-18-15(29-20)4-5-19(31)28-18/h8,10-11,13,26H,4-7,12H2,1-3H3,(H,28,31)(H,25,27,29)/t13-/m1/s1. The number of carbonyl (C=O) groups excluding carboxylic acids is 2. The summed E-state index contributed by atoms with van der Waals surface area (Å²) < 4.78 is 5.44. The van der Waals surface area contributed by atoms with Crippen molar-refractivity contribution in [1.82, 2.24) is 19.9 Å². The molecule has 1 saturated heterocycles. The molecule has 0 aliphatic carbocycles. The predicted molar refractivity (Wildman–Crippen MR) is 121 cm³/mol. The van der Waals surface area contributed by atoms with E-state index in [1.807, 2.05) is 20.8 Å². The highest BCUT2D eigenvalue weighted by Crippen LogP contribution is 2.25. The minimum absolute atomic E-state index is 0.0368. The lowest BCUT2D eigenvalue weighted by Crippen LogP contribution is -2.36. The number of hydrogen-bond donors (Lipinski definition) is 3. The number of aromatic nitrogens is 3. The highest BCUT2D eigenvalue weighted by Gasteiger charge is 2.30. The normalized spacial score (nSPS) is 17.6. The molecule has 33 heavy (non-hydrogen) atoms. The number of amides is 2. The molecule has 4 heterocycles. The summed E-state index contributed by atoms with van der Waals surface area (Å²) in [5.74, 6) is 0.329. The van der Waals surface area contributed by atoms with E-state index in [0.717, 1.165) is 12.1 Å². The zero-order valence-electron chi connectivity index (χ0n) is 18.8. The Kier molecular flexibility index (Phi) is 6.00. The highest BCUT2D eigenvalue weighted by atomic mass is 16.6. The molecule has 0 saturated carbocycles. The minimum Gasteiger partial charge on any atom is -0.444 e. The molecule has 11 nitrogen and oxygen atoms in total. The van der Waals surface area contributed by atoms with Gasteiger partial charge in [0, 0.05) is 32.0 Å². The van der Waals surface area contributed by atoms with Crippen LogP contribution >= 0.6 is 0 Å². The van der Waals surface area contributed by atoms with E-state index in [1.54, 1.807) is 17.2 Å². The number of pyridine rings is 1. The molecule has 2 aromatic heterocycles. The number of carbonyl (C=O) groups is 2. The fourth-order valence-electron chi connectivity index (χ4n) is 3.67. The largest absolute Gasteiger partial charge is 0.444 e. The third-order valence-electron chi connectivity index (χ3n) is 5.18. The van der Waals surface area contributed by atoms with Crippen molar-refractivity contribution in [3.05, 3.63) is 29.8 Å². The van der Waals surface area contributed by atoms with Gasteiger partial charge in [0.05, 0.1) is 35.1 Å². The van der Waals surface area contributed by atoms with E-state index in [9.17, 15) is 14.9 Å².